The number of nitrogens with zero attached hydrogens (tertiary/aromatic N) is 1. The number of halogens is 2. The first-order valence-electron chi connectivity index (χ1n) is 7.64. The number of sulfonamides is 1. The van der Waals surface area contributed by atoms with E-state index in [1.807, 2.05) is 0 Å². The standard InChI is InChI=1S/C18H14Cl2N2O3S/c19-13-1-4-15(5-2-13)26(24,25)22-17-6-3-14(20)11-16(17)18(23)12-7-9-21-10-8-12/h1-11,16-17,22H. The van der Waals surface area contributed by atoms with Crippen molar-refractivity contribution in [2.24, 2.45) is 5.92 Å². The minimum atomic E-state index is -3.84. The summed E-state index contributed by atoms with van der Waals surface area (Å²) in [6.07, 6.45) is 7.68. The molecule has 1 aromatic heterocycles. The minimum absolute atomic E-state index is 0.0612. The van der Waals surface area contributed by atoms with Gasteiger partial charge in [0.15, 0.2) is 5.78 Å². The highest BCUT2D eigenvalue weighted by Crippen LogP contribution is 2.25. The summed E-state index contributed by atoms with van der Waals surface area (Å²) in [7, 11) is -3.84. The van der Waals surface area contributed by atoms with Gasteiger partial charge in [0.05, 0.1) is 16.9 Å². The van der Waals surface area contributed by atoms with Crippen LogP contribution in [0.25, 0.3) is 0 Å². The lowest BCUT2D eigenvalue weighted by Gasteiger charge is -2.25. The van der Waals surface area contributed by atoms with E-state index in [0.29, 0.717) is 15.6 Å². The molecule has 2 atom stereocenters. The maximum absolute atomic E-state index is 12.8. The summed E-state index contributed by atoms with van der Waals surface area (Å²) in [4.78, 5) is 16.7. The zero-order chi connectivity index (χ0) is 18.7. The number of ketones is 1. The van der Waals surface area contributed by atoms with Gasteiger partial charge in [0.1, 0.15) is 0 Å². The molecule has 134 valence electrons. The van der Waals surface area contributed by atoms with Gasteiger partial charge in [0, 0.05) is 28.0 Å². The Bertz CT molecular complexity index is 971. The average molecular weight is 409 g/mol. The highest BCUT2D eigenvalue weighted by molar-refractivity contribution is 7.89. The number of pyridine rings is 1. The van der Waals surface area contributed by atoms with E-state index in [9.17, 15) is 13.2 Å². The maximum atomic E-state index is 12.8. The fourth-order valence-corrected chi connectivity index (χ4v) is 4.12. The lowest BCUT2D eigenvalue weighted by Crippen LogP contribution is -2.42. The Kier molecular flexibility index (Phi) is 5.58. The Balaban J connectivity index is 1.89. The van der Waals surface area contributed by atoms with Gasteiger partial charge in [-0.05, 0) is 42.5 Å². The molecular formula is C18H14Cl2N2O3S. The summed E-state index contributed by atoms with van der Waals surface area (Å²) in [5, 5.41) is 0.807. The Morgan fingerprint density at radius 3 is 2.35 bits per heavy atom. The second-order valence-electron chi connectivity index (χ2n) is 5.64. The van der Waals surface area contributed by atoms with Crippen molar-refractivity contribution >= 4 is 39.0 Å². The van der Waals surface area contributed by atoms with Gasteiger partial charge >= 0.3 is 0 Å². The molecule has 0 spiro atoms. The van der Waals surface area contributed by atoms with Gasteiger partial charge in [0.2, 0.25) is 10.0 Å². The number of aromatic nitrogens is 1. The third kappa shape index (κ3) is 4.22. The third-order valence-corrected chi connectivity index (χ3v) is 5.85. The average Bonchev–Trinajstić information content (AvgIpc) is 2.63. The number of carbonyl (C=O) groups excluding carboxylic acids is 1. The topological polar surface area (TPSA) is 76.1 Å². The van der Waals surface area contributed by atoms with Crippen LogP contribution in [-0.2, 0) is 10.0 Å². The number of allylic oxidation sites excluding steroid dienone is 2. The molecule has 5 nitrogen and oxygen atoms in total. The van der Waals surface area contributed by atoms with Gasteiger partial charge < -0.3 is 0 Å². The number of hydrogen-bond acceptors (Lipinski definition) is 4. The van der Waals surface area contributed by atoms with E-state index in [-0.39, 0.29) is 10.7 Å². The molecular weight excluding hydrogens is 395 g/mol. The second-order valence-corrected chi connectivity index (χ2v) is 8.22. The summed E-state index contributed by atoms with van der Waals surface area (Å²) in [6, 6.07) is 8.17. The van der Waals surface area contributed by atoms with Gasteiger partial charge in [-0.15, -0.1) is 0 Å². The number of hydrogen-bond donors (Lipinski definition) is 1. The maximum Gasteiger partial charge on any atom is 0.241 e. The molecule has 1 heterocycles. The molecule has 1 aliphatic rings. The Morgan fingerprint density at radius 1 is 1.04 bits per heavy atom. The fourth-order valence-electron chi connectivity index (χ4n) is 2.57. The molecule has 2 aromatic rings. The van der Waals surface area contributed by atoms with Gasteiger partial charge in [-0.1, -0.05) is 35.4 Å². The largest absolute Gasteiger partial charge is 0.293 e. The molecule has 1 aliphatic carbocycles. The zero-order valence-corrected chi connectivity index (χ0v) is 15.7. The van der Waals surface area contributed by atoms with Crippen LogP contribution in [0.15, 0.2) is 76.9 Å². The lowest BCUT2D eigenvalue weighted by molar-refractivity contribution is 0.0935. The van der Waals surface area contributed by atoms with Crippen LogP contribution in [0.3, 0.4) is 0 Å². The summed E-state index contributed by atoms with van der Waals surface area (Å²) < 4.78 is 27.8. The second kappa shape index (κ2) is 7.72. The Morgan fingerprint density at radius 2 is 1.69 bits per heavy atom. The predicted molar refractivity (Wildman–Crippen MR) is 101 cm³/mol. The van der Waals surface area contributed by atoms with Crippen LogP contribution in [0.1, 0.15) is 10.4 Å². The third-order valence-electron chi connectivity index (χ3n) is 3.87. The molecule has 2 unspecified atom stereocenters. The molecule has 0 saturated heterocycles. The van der Waals surface area contributed by atoms with Gasteiger partial charge in [0.25, 0.3) is 0 Å². The van der Waals surface area contributed by atoms with Gasteiger partial charge in [-0.2, -0.15) is 0 Å². The summed E-state index contributed by atoms with van der Waals surface area (Å²) in [5.74, 6) is -1.02. The van der Waals surface area contributed by atoms with Crippen LogP contribution < -0.4 is 4.72 Å². The highest BCUT2D eigenvalue weighted by atomic mass is 35.5. The zero-order valence-electron chi connectivity index (χ0n) is 13.3. The number of Topliss-reactive ketones (excluding diaryl/α,β-unsaturated/α-hetero) is 1. The lowest BCUT2D eigenvalue weighted by atomic mass is 9.88. The molecule has 8 heteroatoms. The molecule has 26 heavy (non-hydrogen) atoms. The van der Waals surface area contributed by atoms with Crippen molar-refractivity contribution in [1.82, 2.24) is 9.71 Å². The highest BCUT2D eigenvalue weighted by Gasteiger charge is 2.31. The van der Waals surface area contributed by atoms with E-state index in [1.54, 1.807) is 30.4 Å². The van der Waals surface area contributed by atoms with Gasteiger partial charge in [-0.25, -0.2) is 13.1 Å². The fraction of sp³-hybridized carbons (Fsp3) is 0.111. The monoisotopic (exact) mass is 408 g/mol. The quantitative estimate of drug-likeness (QED) is 0.767. The molecule has 0 bridgehead atoms. The molecule has 3 rings (SSSR count). The molecule has 0 amide bonds. The summed E-state index contributed by atoms with van der Waals surface area (Å²) in [6.45, 7) is 0. The first kappa shape index (κ1) is 18.8. The minimum Gasteiger partial charge on any atom is -0.293 e. The van der Waals surface area contributed by atoms with E-state index >= 15 is 0 Å². The van der Waals surface area contributed by atoms with E-state index in [2.05, 4.69) is 9.71 Å². The van der Waals surface area contributed by atoms with Crippen molar-refractivity contribution in [3.05, 3.63) is 82.6 Å². The Labute approximate surface area is 161 Å². The smallest absolute Gasteiger partial charge is 0.241 e. The van der Waals surface area contributed by atoms with Crippen molar-refractivity contribution in [1.29, 1.82) is 0 Å². The van der Waals surface area contributed by atoms with E-state index in [0.717, 1.165) is 0 Å². The summed E-state index contributed by atoms with van der Waals surface area (Å²) >= 11 is 11.8. The van der Waals surface area contributed by atoms with Gasteiger partial charge in [-0.3, -0.25) is 9.78 Å². The number of rotatable bonds is 5. The molecule has 1 aromatic carbocycles. The van der Waals surface area contributed by atoms with E-state index in [1.165, 1.54) is 36.7 Å². The van der Waals surface area contributed by atoms with Crippen molar-refractivity contribution in [2.75, 3.05) is 0 Å². The summed E-state index contributed by atoms with van der Waals surface area (Å²) in [5.41, 5.74) is 0.428. The molecule has 0 saturated carbocycles. The number of carbonyl (C=O) groups is 1. The first-order valence-corrected chi connectivity index (χ1v) is 9.88. The predicted octanol–water partition coefficient (Wildman–Crippen LogP) is 3.57. The van der Waals surface area contributed by atoms with E-state index < -0.39 is 22.0 Å². The molecule has 1 N–H and O–H groups in total. The van der Waals surface area contributed by atoms with Crippen LogP contribution in [0.4, 0.5) is 0 Å². The van der Waals surface area contributed by atoms with Crippen LogP contribution >= 0.6 is 23.2 Å². The molecule has 0 radical (unpaired) electrons. The van der Waals surface area contributed by atoms with Crippen LogP contribution in [-0.4, -0.2) is 25.2 Å². The number of benzene rings is 1. The van der Waals surface area contributed by atoms with Crippen LogP contribution in [0.2, 0.25) is 5.02 Å². The number of nitrogens with one attached hydrogen (secondary N) is 1. The van der Waals surface area contributed by atoms with Crippen molar-refractivity contribution in [2.45, 2.75) is 10.9 Å². The molecule has 0 aliphatic heterocycles. The van der Waals surface area contributed by atoms with Crippen LogP contribution in [0, 0.1) is 5.92 Å². The van der Waals surface area contributed by atoms with Crippen LogP contribution in [0.5, 0.6) is 0 Å². The first-order chi connectivity index (χ1) is 12.4. The van der Waals surface area contributed by atoms with Crippen molar-refractivity contribution in [3.8, 4) is 0 Å². The SMILES string of the molecule is O=C(c1ccncc1)C1C=C(Cl)C=CC1NS(=O)(=O)c1ccc(Cl)cc1. The molecule has 0 fully saturated rings. The van der Waals surface area contributed by atoms with Crippen molar-refractivity contribution in [3.63, 3.8) is 0 Å². The normalized spacial score (nSPS) is 19.8. The Hall–Kier alpha value is -1.99. The van der Waals surface area contributed by atoms with E-state index in [4.69, 9.17) is 23.2 Å². The van der Waals surface area contributed by atoms with Crippen molar-refractivity contribution < 1.29 is 13.2 Å².